The van der Waals surface area contributed by atoms with Crippen molar-refractivity contribution in [2.24, 2.45) is 5.73 Å². The number of hydrogen-bond donors (Lipinski definition) is 3. The highest BCUT2D eigenvalue weighted by Crippen LogP contribution is 2.20. The summed E-state index contributed by atoms with van der Waals surface area (Å²) in [5.74, 6) is -0.139. The molecule has 0 heterocycles. The van der Waals surface area contributed by atoms with Crippen molar-refractivity contribution in [3.8, 4) is 5.75 Å². The van der Waals surface area contributed by atoms with Gasteiger partial charge in [-0.05, 0) is 30.5 Å². The predicted molar refractivity (Wildman–Crippen MR) is 92.2 cm³/mol. The van der Waals surface area contributed by atoms with E-state index in [0.29, 0.717) is 30.8 Å². The van der Waals surface area contributed by atoms with Gasteiger partial charge in [-0.2, -0.15) is 0 Å². The summed E-state index contributed by atoms with van der Waals surface area (Å²) in [5.41, 5.74) is 6.05. The number of carbonyl (C=O) groups excluding carboxylic acids is 3. The van der Waals surface area contributed by atoms with Crippen molar-refractivity contribution >= 4 is 17.9 Å². The standard InChI is InChI=1S/C17H25N3O5/c1-24-14-8-7-12(10-13(14)16(22)25-2)11-20-15(21)6-4-3-5-9-19-17(18)23/h7-8,10H,3-6,9,11H2,1-2H3,(H,20,21)(H3,18,19,23). The maximum Gasteiger partial charge on any atom is 0.341 e. The van der Waals surface area contributed by atoms with Gasteiger partial charge in [0.25, 0.3) is 0 Å². The van der Waals surface area contributed by atoms with Crippen molar-refractivity contribution in [2.75, 3.05) is 20.8 Å². The predicted octanol–water partition coefficient (Wildman–Crippen LogP) is 1.33. The number of carbonyl (C=O) groups is 3. The number of unbranched alkanes of at least 4 members (excludes halogenated alkanes) is 2. The van der Waals surface area contributed by atoms with Crippen LogP contribution in [-0.2, 0) is 16.1 Å². The Morgan fingerprint density at radius 1 is 1.08 bits per heavy atom. The van der Waals surface area contributed by atoms with Crippen LogP contribution in [0.1, 0.15) is 41.6 Å². The number of urea groups is 1. The number of ether oxygens (including phenoxy) is 2. The molecular weight excluding hydrogens is 326 g/mol. The van der Waals surface area contributed by atoms with Crippen molar-refractivity contribution in [1.82, 2.24) is 10.6 Å². The van der Waals surface area contributed by atoms with Crippen LogP contribution >= 0.6 is 0 Å². The van der Waals surface area contributed by atoms with E-state index in [9.17, 15) is 14.4 Å². The Hall–Kier alpha value is -2.77. The summed E-state index contributed by atoms with van der Waals surface area (Å²) in [6.07, 6.45) is 2.72. The van der Waals surface area contributed by atoms with E-state index in [4.69, 9.17) is 15.2 Å². The Labute approximate surface area is 147 Å². The van der Waals surface area contributed by atoms with Gasteiger partial charge in [0.05, 0.1) is 14.2 Å². The Kier molecular flexibility index (Phi) is 8.84. The van der Waals surface area contributed by atoms with Gasteiger partial charge in [0.1, 0.15) is 11.3 Å². The first-order valence-electron chi connectivity index (χ1n) is 8.03. The van der Waals surface area contributed by atoms with Crippen LogP contribution in [0.4, 0.5) is 4.79 Å². The molecule has 0 aliphatic heterocycles. The lowest BCUT2D eigenvalue weighted by atomic mass is 10.1. The largest absolute Gasteiger partial charge is 0.496 e. The summed E-state index contributed by atoms with van der Waals surface area (Å²) in [7, 11) is 2.78. The average Bonchev–Trinajstić information content (AvgIpc) is 2.61. The molecule has 1 aromatic carbocycles. The van der Waals surface area contributed by atoms with Crippen molar-refractivity contribution in [3.63, 3.8) is 0 Å². The van der Waals surface area contributed by atoms with Crippen LogP contribution in [0.15, 0.2) is 18.2 Å². The van der Waals surface area contributed by atoms with Crippen LogP contribution in [0.3, 0.4) is 0 Å². The first-order chi connectivity index (χ1) is 12.0. The fourth-order valence-corrected chi connectivity index (χ4v) is 2.22. The van der Waals surface area contributed by atoms with E-state index in [1.165, 1.54) is 14.2 Å². The third kappa shape index (κ3) is 7.56. The molecule has 0 saturated heterocycles. The molecule has 0 radical (unpaired) electrons. The summed E-state index contributed by atoms with van der Waals surface area (Å²) in [4.78, 5) is 34.1. The van der Waals surface area contributed by atoms with Crippen LogP contribution in [-0.4, -0.2) is 38.7 Å². The first kappa shape index (κ1) is 20.3. The number of nitrogens with two attached hydrogens (primary N) is 1. The molecule has 25 heavy (non-hydrogen) atoms. The molecule has 1 aromatic rings. The fraction of sp³-hybridized carbons (Fsp3) is 0.471. The minimum Gasteiger partial charge on any atom is -0.496 e. The number of benzene rings is 1. The van der Waals surface area contributed by atoms with Crippen molar-refractivity contribution in [1.29, 1.82) is 0 Å². The fourth-order valence-electron chi connectivity index (χ4n) is 2.22. The molecule has 138 valence electrons. The highest BCUT2D eigenvalue weighted by Gasteiger charge is 2.13. The second-order valence-electron chi connectivity index (χ2n) is 5.40. The van der Waals surface area contributed by atoms with Gasteiger partial charge in [0, 0.05) is 19.5 Å². The third-order valence-corrected chi connectivity index (χ3v) is 3.54. The zero-order valence-corrected chi connectivity index (χ0v) is 14.6. The molecule has 0 aliphatic rings. The summed E-state index contributed by atoms with van der Waals surface area (Å²) in [5, 5.41) is 5.31. The first-order valence-corrected chi connectivity index (χ1v) is 8.03. The van der Waals surface area contributed by atoms with Gasteiger partial charge in [0.2, 0.25) is 5.91 Å². The normalized spacial score (nSPS) is 10.0. The molecule has 8 heteroatoms. The zero-order chi connectivity index (χ0) is 18.7. The second-order valence-corrected chi connectivity index (χ2v) is 5.40. The summed E-state index contributed by atoms with van der Waals surface area (Å²) in [6.45, 7) is 0.829. The monoisotopic (exact) mass is 351 g/mol. The SMILES string of the molecule is COC(=O)c1cc(CNC(=O)CCCCCNC(N)=O)ccc1OC. The van der Waals surface area contributed by atoms with Crippen molar-refractivity contribution in [3.05, 3.63) is 29.3 Å². The lowest BCUT2D eigenvalue weighted by Crippen LogP contribution is -2.30. The highest BCUT2D eigenvalue weighted by atomic mass is 16.5. The molecule has 0 fully saturated rings. The van der Waals surface area contributed by atoms with E-state index in [-0.39, 0.29) is 5.91 Å². The van der Waals surface area contributed by atoms with Gasteiger partial charge in [-0.15, -0.1) is 0 Å². The maximum absolute atomic E-state index is 11.8. The van der Waals surface area contributed by atoms with Gasteiger partial charge >= 0.3 is 12.0 Å². The zero-order valence-electron chi connectivity index (χ0n) is 14.6. The van der Waals surface area contributed by atoms with Gasteiger partial charge < -0.3 is 25.8 Å². The Balaban J connectivity index is 2.38. The van der Waals surface area contributed by atoms with Gasteiger partial charge in [-0.25, -0.2) is 9.59 Å². The number of hydrogen-bond acceptors (Lipinski definition) is 5. The maximum atomic E-state index is 11.8. The van der Waals surface area contributed by atoms with Gasteiger partial charge in [-0.1, -0.05) is 12.5 Å². The van der Waals surface area contributed by atoms with Gasteiger partial charge in [0.15, 0.2) is 0 Å². The lowest BCUT2D eigenvalue weighted by Gasteiger charge is -2.10. The minimum atomic E-state index is -0.538. The molecule has 0 saturated carbocycles. The molecule has 1 rings (SSSR count). The van der Waals surface area contributed by atoms with E-state index in [1.807, 2.05) is 0 Å². The number of nitrogens with one attached hydrogen (secondary N) is 2. The van der Waals surface area contributed by atoms with E-state index in [1.54, 1.807) is 18.2 Å². The summed E-state index contributed by atoms with van der Waals surface area (Å²) < 4.78 is 9.85. The third-order valence-electron chi connectivity index (χ3n) is 3.54. The van der Waals surface area contributed by atoms with E-state index < -0.39 is 12.0 Å². The van der Waals surface area contributed by atoms with Crippen LogP contribution in [0.25, 0.3) is 0 Å². The van der Waals surface area contributed by atoms with E-state index in [2.05, 4.69) is 10.6 Å². The van der Waals surface area contributed by atoms with Crippen LogP contribution in [0.2, 0.25) is 0 Å². The molecule has 0 unspecified atom stereocenters. The summed E-state index contributed by atoms with van der Waals surface area (Å²) in [6, 6.07) is 4.55. The smallest absolute Gasteiger partial charge is 0.341 e. The number of methoxy groups -OCH3 is 2. The Bertz CT molecular complexity index is 604. The van der Waals surface area contributed by atoms with E-state index in [0.717, 1.165) is 24.8 Å². The number of primary amides is 1. The van der Waals surface area contributed by atoms with Crippen molar-refractivity contribution in [2.45, 2.75) is 32.2 Å². The minimum absolute atomic E-state index is 0.0710. The molecule has 4 N–H and O–H groups in total. The average molecular weight is 351 g/mol. The van der Waals surface area contributed by atoms with Crippen molar-refractivity contribution < 1.29 is 23.9 Å². The molecular formula is C17H25N3O5. The molecule has 0 bridgehead atoms. The molecule has 0 aliphatic carbocycles. The molecule has 0 aromatic heterocycles. The topological polar surface area (TPSA) is 120 Å². The Morgan fingerprint density at radius 2 is 1.84 bits per heavy atom. The molecule has 3 amide bonds. The second kappa shape index (κ2) is 10.9. The number of rotatable bonds is 10. The van der Waals surface area contributed by atoms with Gasteiger partial charge in [-0.3, -0.25) is 4.79 Å². The Morgan fingerprint density at radius 3 is 2.48 bits per heavy atom. The van der Waals surface area contributed by atoms with Crippen LogP contribution in [0.5, 0.6) is 5.75 Å². The number of esters is 1. The quantitative estimate of drug-likeness (QED) is 0.434. The van der Waals surface area contributed by atoms with Crippen LogP contribution in [0, 0.1) is 0 Å². The molecule has 0 spiro atoms. The highest BCUT2D eigenvalue weighted by molar-refractivity contribution is 5.92. The molecule has 0 atom stereocenters. The van der Waals surface area contributed by atoms with E-state index >= 15 is 0 Å². The summed E-state index contributed by atoms with van der Waals surface area (Å²) >= 11 is 0. The number of amides is 3. The lowest BCUT2D eigenvalue weighted by molar-refractivity contribution is -0.121. The van der Waals surface area contributed by atoms with Crippen LogP contribution < -0.4 is 21.1 Å². The molecule has 8 nitrogen and oxygen atoms in total.